The van der Waals surface area contributed by atoms with E-state index in [-0.39, 0.29) is 0 Å². The smallest absolute Gasteiger partial charge is 0.222 e. The monoisotopic (exact) mass is 198 g/mol. The highest BCUT2D eigenvalue weighted by Crippen LogP contribution is 2.17. The summed E-state index contributed by atoms with van der Waals surface area (Å²) in [4.78, 5) is 13.6. The van der Waals surface area contributed by atoms with Crippen molar-refractivity contribution in [2.24, 2.45) is 5.92 Å². The SMILES string of the molecule is CCCC(=O)N1CCC(CNC)CC1. The molecule has 1 heterocycles. The third kappa shape index (κ3) is 3.29. The number of carbonyl (C=O) groups is 1. The van der Waals surface area contributed by atoms with Crippen molar-refractivity contribution in [2.75, 3.05) is 26.7 Å². The van der Waals surface area contributed by atoms with E-state index in [0.717, 1.165) is 51.2 Å². The van der Waals surface area contributed by atoms with Gasteiger partial charge in [-0.2, -0.15) is 0 Å². The fraction of sp³-hybridized carbons (Fsp3) is 0.909. The van der Waals surface area contributed by atoms with Crippen LogP contribution in [0, 0.1) is 5.92 Å². The summed E-state index contributed by atoms with van der Waals surface area (Å²) in [7, 11) is 1.99. The molecule has 3 nitrogen and oxygen atoms in total. The molecular formula is C11H22N2O. The molecular weight excluding hydrogens is 176 g/mol. The van der Waals surface area contributed by atoms with Gasteiger partial charge in [0.1, 0.15) is 0 Å². The van der Waals surface area contributed by atoms with E-state index in [9.17, 15) is 4.79 Å². The van der Waals surface area contributed by atoms with E-state index in [0.29, 0.717) is 5.91 Å². The highest BCUT2D eigenvalue weighted by atomic mass is 16.2. The minimum atomic E-state index is 0.343. The maximum absolute atomic E-state index is 11.6. The van der Waals surface area contributed by atoms with E-state index < -0.39 is 0 Å². The predicted molar refractivity (Wildman–Crippen MR) is 58.1 cm³/mol. The number of rotatable bonds is 4. The molecule has 0 aromatic carbocycles. The number of amides is 1. The van der Waals surface area contributed by atoms with Crippen LogP contribution >= 0.6 is 0 Å². The molecule has 1 amide bonds. The van der Waals surface area contributed by atoms with Gasteiger partial charge in [0, 0.05) is 19.5 Å². The van der Waals surface area contributed by atoms with E-state index in [4.69, 9.17) is 0 Å². The Kier molecular flexibility index (Phi) is 4.94. The van der Waals surface area contributed by atoms with Crippen LogP contribution in [0.5, 0.6) is 0 Å². The van der Waals surface area contributed by atoms with Crippen LogP contribution in [0.4, 0.5) is 0 Å². The molecule has 0 aliphatic carbocycles. The van der Waals surface area contributed by atoms with Gasteiger partial charge in [0.2, 0.25) is 5.91 Å². The Morgan fingerprint density at radius 2 is 2.07 bits per heavy atom. The van der Waals surface area contributed by atoms with Crippen LogP contribution in [0.25, 0.3) is 0 Å². The zero-order chi connectivity index (χ0) is 10.4. The number of nitrogens with one attached hydrogen (secondary N) is 1. The lowest BCUT2D eigenvalue weighted by Crippen LogP contribution is -2.40. The van der Waals surface area contributed by atoms with Crippen molar-refractivity contribution in [1.82, 2.24) is 10.2 Å². The lowest BCUT2D eigenvalue weighted by molar-refractivity contribution is -0.132. The quantitative estimate of drug-likeness (QED) is 0.737. The first-order chi connectivity index (χ1) is 6.77. The van der Waals surface area contributed by atoms with Crippen molar-refractivity contribution in [2.45, 2.75) is 32.6 Å². The molecule has 0 saturated carbocycles. The Morgan fingerprint density at radius 3 is 2.57 bits per heavy atom. The molecule has 1 rings (SSSR count). The zero-order valence-electron chi connectivity index (χ0n) is 9.38. The first-order valence-electron chi connectivity index (χ1n) is 5.70. The van der Waals surface area contributed by atoms with Crippen molar-refractivity contribution in [3.05, 3.63) is 0 Å². The van der Waals surface area contributed by atoms with Crippen LogP contribution in [0.2, 0.25) is 0 Å². The van der Waals surface area contributed by atoms with Crippen molar-refractivity contribution >= 4 is 5.91 Å². The molecule has 82 valence electrons. The summed E-state index contributed by atoms with van der Waals surface area (Å²) in [5.74, 6) is 1.11. The van der Waals surface area contributed by atoms with E-state index in [2.05, 4.69) is 12.2 Å². The lowest BCUT2D eigenvalue weighted by Gasteiger charge is -2.31. The van der Waals surface area contributed by atoms with Gasteiger partial charge in [-0.25, -0.2) is 0 Å². The molecule has 0 spiro atoms. The highest BCUT2D eigenvalue weighted by Gasteiger charge is 2.21. The van der Waals surface area contributed by atoms with Crippen LogP contribution in [-0.4, -0.2) is 37.5 Å². The molecule has 1 fully saturated rings. The van der Waals surface area contributed by atoms with Crippen LogP contribution in [0.3, 0.4) is 0 Å². The van der Waals surface area contributed by atoms with Gasteiger partial charge < -0.3 is 10.2 Å². The fourth-order valence-corrected chi connectivity index (χ4v) is 2.05. The predicted octanol–water partition coefficient (Wildman–Crippen LogP) is 1.24. The molecule has 0 bridgehead atoms. The van der Waals surface area contributed by atoms with E-state index in [1.165, 1.54) is 0 Å². The summed E-state index contributed by atoms with van der Waals surface area (Å²) in [5, 5.41) is 3.20. The van der Waals surface area contributed by atoms with Crippen molar-refractivity contribution in [3.8, 4) is 0 Å². The molecule has 0 radical (unpaired) electrons. The number of hydrogen-bond acceptors (Lipinski definition) is 2. The van der Waals surface area contributed by atoms with Gasteiger partial charge in [-0.1, -0.05) is 6.92 Å². The zero-order valence-corrected chi connectivity index (χ0v) is 9.38. The molecule has 1 N–H and O–H groups in total. The summed E-state index contributed by atoms with van der Waals surface area (Å²) < 4.78 is 0. The largest absolute Gasteiger partial charge is 0.343 e. The molecule has 14 heavy (non-hydrogen) atoms. The Labute approximate surface area is 86.9 Å². The number of carbonyl (C=O) groups excluding carboxylic acids is 1. The van der Waals surface area contributed by atoms with Crippen molar-refractivity contribution in [1.29, 1.82) is 0 Å². The number of nitrogens with zero attached hydrogens (tertiary/aromatic N) is 1. The summed E-state index contributed by atoms with van der Waals surface area (Å²) in [6.45, 7) is 5.08. The molecule has 1 aliphatic rings. The van der Waals surface area contributed by atoms with E-state index >= 15 is 0 Å². The summed E-state index contributed by atoms with van der Waals surface area (Å²) in [6, 6.07) is 0. The lowest BCUT2D eigenvalue weighted by atomic mass is 9.96. The van der Waals surface area contributed by atoms with Crippen LogP contribution in [0.1, 0.15) is 32.6 Å². The Hall–Kier alpha value is -0.570. The average molecular weight is 198 g/mol. The Balaban J connectivity index is 2.24. The minimum Gasteiger partial charge on any atom is -0.343 e. The van der Waals surface area contributed by atoms with Crippen LogP contribution in [-0.2, 0) is 4.79 Å². The number of piperidine rings is 1. The minimum absolute atomic E-state index is 0.343. The second-order valence-electron chi connectivity index (χ2n) is 4.13. The summed E-state index contributed by atoms with van der Waals surface area (Å²) in [5.41, 5.74) is 0. The summed E-state index contributed by atoms with van der Waals surface area (Å²) >= 11 is 0. The molecule has 0 aromatic rings. The number of hydrogen-bond donors (Lipinski definition) is 1. The maximum atomic E-state index is 11.6. The fourth-order valence-electron chi connectivity index (χ4n) is 2.05. The second kappa shape index (κ2) is 6.02. The third-order valence-corrected chi connectivity index (χ3v) is 2.92. The van der Waals surface area contributed by atoms with Crippen molar-refractivity contribution < 1.29 is 4.79 Å². The second-order valence-corrected chi connectivity index (χ2v) is 4.13. The normalized spacial score (nSPS) is 18.6. The standard InChI is InChI=1S/C11H22N2O/c1-3-4-11(14)13-7-5-10(6-8-13)9-12-2/h10,12H,3-9H2,1-2H3. The van der Waals surface area contributed by atoms with E-state index in [1.54, 1.807) is 0 Å². The molecule has 3 heteroatoms. The maximum Gasteiger partial charge on any atom is 0.222 e. The molecule has 0 atom stereocenters. The van der Waals surface area contributed by atoms with Gasteiger partial charge in [-0.3, -0.25) is 4.79 Å². The van der Waals surface area contributed by atoms with Crippen LogP contribution in [0.15, 0.2) is 0 Å². The van der Waals surface area contributed by atoms with Gasteiger partial charge in [0.15, 0.2) is 0 Å². The summed E-state index contributed by atoms with van der Waals surface area (Å²) in [6.07, 6.45) is 4.01. The first kappa shape index (κ1) is 11.5. The third-order valence-electron chi connectivity index (χ3n) is 2.92. The van der Waals surface area contributed by atoms with Gasteiger partial charge in [-0.15, -0.1) is 0 Å². The topological polar surface area (TPSA) is 32.3 Å². The average Bonchev–Trinajstić information content (AvgIpc) is 2.20. The molecule has 0 unspecified atom stereocenters. The van der Waals surface area contributed by atoms with Gasteiger partial charge >= 0.3 is 0 Å². The highest BCUT2D eigenvalue weighted by molar-refractivity contribution is 5.76. The first-order valence-corrected chi connectivity index (χ1v) is 5.70. The van der Waals surface area contributed by atoms with E-state index in [1.807, 2.05) is 11.9 Å². The van der Waals surface area contributed by atoms with Crippen LogP contribution < -0.4 is 5.32 Å². The number of likely N-dealkylation sites (tertiary alicyclic amines) is 1. The molecule has 0 aromatic heterocycles. The van der Waals surface area contributed by atoms with Gasteiger partial charge in [0.05, 0.1) is 0 Å². The van der Waals surface area contributed by atoms with Crippen molar-refractivity contribution in [3.63, 3.8) is 0 Å². The molecule has 1 aliphatic heterocycles. The molecule has 1 saturated heterocycles. The Morgan fingerprint density at radius 1 is 1.43 bits per heavy atom. The Bertz CT molecular complexity index is 174. The van der Waals surface area contributed by atoms with Gasteiger partial charge in [0.25, 0.3) is 0 Å². The van der Waals surface area contributed by atoms with Gasteiger partial charge in [-0.05, 0) is 38.8 Å².